The molecule has 0 unspecified atom stereocenters. The van der Waals surface area contributed by atoms with Crippen molar-refractivity contribution in [2.24, 2.45) is 0 Å². The quantitative estimate of drug-likeness (QED) is 0.394. The Morgan fingerprint density at radius 2 is 2.00 bits per heavy atom. The summed E-state index contributed by atoms with van der Waals surface area (Å²) in [7, 11) is 0. The third kappa shape index (κ3) is 1.47. The molecule has 2 aliphatic rings. The molecule has 0 spiro atoms. The summed E-state index contributed by atoms with van der Waals surface area (Å²) >= 11 is 0. The predicted octanol–water partition coefficient (Wildman–Crippen LogP) is -2.93. The summed E-state index contributed by atoms with van der Waals surface area (Å²) < 4.78 is 6.36. The molecule has 8 heteroatoms. The van der Waals surface area contributed by atoms with Crippen LogP contribution in [0.4, 0.5) is 0 Å². The van der Waals surface area contributed by atoms with Crippen molar-refractivity contribution in [3.63, 3.8) is 0 Å². The number of H-pyrrole nitrogens is 1. The van der Waals surface area contributed by atoms with Crippen LogP contribution in [0.2, 0.25) is 0 Å². The normalized spacial score (nSPS) is 38.3. The molecular formula is C10H12N2O6. The Hall–Kier alpha value is -1.48. The lowest BCUT2D eigenvalue weighted by Gasteiger charge is -2.22. The second-order valence-electron chi connectivity index (χ2n) is 4.54. The Morgan fingerprint density at radius 3 is 2.72 bits per heavy atom. The molecule has 18 heavy (non-hydrogen) atoms. The van der Waals surface area contributed by atoms with E-state index in [1.807, 2.05) is 0 Å². The minimum atomic E-state index is -1.33. The number of rotatable bonds is 0. The summed E-state index contributed by atoms with van der Waals surface area (Å²) in [5.41, 5.74) is -1.04. The number of ether oxygens (including phenoxy) is 1. The second kappa shape index (κ2) is 3.75. The fourth-order valence-electron chi connectivity index (χ4n) is 2.54. The van der Waals surface area contributed by atoms with Gasteiger partial charge in [-0.3, -0.25) is 14.3 Å². The van der Waals surface area contributed by atoms with E-state index in [9.17, 15) is 24.9 Å². The highest BCUT2D eigenvalue weighted by atomic mass is 16.6. The zero-order valence-corrected chi connectivity index (χ0v) is 9.18. The van der Waals surface area contributed by atoms with E-state index in [0.29, 0.717) is 0 Å². The lowest BCUT2D eigenvalue weighted by Crippen LogP contribution is -2.44. The first-order valence-electron chi connectivity index (χ1n) is 5.53. The molecule has 1 aromatic heterocycles. The van der Waals surface area contributed by atoms with Gasteiger partial charge in [-0.1, -0.05) is 0 Å². The molecule has 0 radical (unpaired) electrons. The lowest BCUT2D eigenvalue weighted by molar-refractivity contribution is -0.0741. The highest BCUT2D eigenvalue weighted by Crippen LogP contribution is 2.34. The van der Waals surface area contributed by atoms with Crippen molar-refractivity contribution in [2.75, 3.05) is 0 Å². The van der Waals surface area contributed by atoms with E-state index in [4.69, 9.17) is 4.74 Å². The monoisotopic (exact) mass is 256 g/mol. The summed E-state index contributed by atoms with van der Waals surface area (Å²) in [6, 6.07) is 1.17. The number of aromatic amines is 1. The van der Waals surface area contributed by atoms with Crippen molar-refractivity contribution in [3.8, 4) is 0 Å². The van der Waals surface area contributed by atoms with Crippen LogP contribution < -0.4 is 11.2 Å². The van der Waals surface area contributed by atoms with Crippen molar-refractivity contribution in [3.05, 3.63) is 32.6 Å². The maximum absolute atomic E-state index is 11.7. The first kappa shape index (κ1) is 11.6. The summed E-state index contributed by atoms with van der Waals surface area (Å²) in [4.78, 5) is 25.0. The summed E-state index contributed by atoms with van der Waals surface area (Å²) in [5, 5.41) is 29.4. The number of aromatic nitrogens is 2. The Kier molecular flexibility index (Phi) is 2.42. The van der Waals surface area contributed by atoms with Gasteiger partial charge < -0.3 is 20.1 Å². The number of nitrogens with one attached hydrogen (secondary N) is 1. The van der Waals surface area contributed by atoms with Crippen LogP contribution in [0.15, 0.2) is 15.7 Å². The maximum Gasteiger partial charge on any atom is 0.330 e. The van der Waals surface area contributed by atoms with Crippen LogP contribution >= 0.6 is 0 Å². The number of aliphatic hydroxyl groups excluding tert-OH is 3. The van der Waals surface area contributed by atoms with Crippen molar-refractivity contribution in [2.45, 2.75) is 37.1 Å². The Balaban J connectivity index is 2.22. The van der Waals surface area contributed by atoms with Crippen molar-refractivity contribution >= 4 is 0 Å². The first-order valence-corrected chi connectivity index (χ1v) is 5.53. The Labute approximate surface area is 100 Å². The van der Waals surface area contributed by atoms with Crippen LogP contribution in [0.25, 0.3) is 0 Å². The van der Waals surface area contributed by atoms with Gasteiger partial charge in [0, 0.05) is 18.2 Å². The number of nitrogens with zero attached hydrogens (tertiary/aromatic N) is 1. The largest absolute Gasteiger partial charge is 0.390 e. The van der Waals surface area contributed by atoms with E-state index < -0.39 is 41.9 Å². The second-order valence-corrected chi connectivity index (χ2v) is 4.54. The van der Waals surface area contributed by atoms with Crippen LogP contribution in [0.1, 0.15) is 11.9 Å². The van der Waals surface area contributed by atoms with Gasteiger partial charge in [-0.15, -0.1) is 0 Å². The molecule has 0 amide bonds. The molecule has 4 N–H and O–H groups in total. The molecule has 0 saturated carbocycles. The minimum Gasteiger partial charge on any atom is -0.390 e. The molecule has 1 aromatic rings. The molecule has 3 rings (SSSR count). The topological polar surface area (TPSA) is 125 Å². The molecular weight excluding hydrogens is 244 g/mol. The number of fused-ring (bicyclic) bond motifs is 4. The van der Waals surface area contributed by atoms with Crippen molar-refractivity contribution in [1.82, 2.24) is 9.55 Å². The first-order chi connectivity index (χ1) is 8.49. The third-order valence-electron chi connectivity index (χ3n) is 3.38. The average molecular weight is 256 g/mol. The molecule has 2 bridgehead atoms. The van der Waals surface area contributed by atoms with Crippen LogP contribution in [-0.4, -0.2) is 49.3 Å². The molecule has 2 aliphatic heterocycles. The molecule has 1 saturated heterocycles. The fourth-order valence-corrected chi connectivity index (χ4v) is 2.54. The van der Waals surface area contributed by atoms with Crippen molar-refractivity contribution < 1.29 is 20.1 Å². The highest BCUT2D eigenvalue weighted by Gasteiger charge is 2.49. The highest BCUT2D eigenvalue weighted by molar-refractivity contribution is 5.11. The summed E-state index contributed by atoms with van der Waals surface area (Å²) in [6.45, 7) is 0. The number of hydrogen-bond donors (Lipinski definition) is 4. The molecule has 8 nitrogen and oxygen atoms in total. The standard InChI is InChI=1S/C10H12N2O6/c13-4-1-3-2-5(14)11-10(17)12(3)9-7(16)6(15)8(4)18-9/h2,4,6-9,13,15-16H,1H2,(H,11,14,17)/t4-,6+,7-,8-,9-/m1/s1. The van der Waals surface area contributed by atoms with Gasteiger partial charge in [-0.2, -0.15) is 0 Å². The van der Waals surface area contributed by atoms with Gasteiger partial charge in [0.1, 0.15) is 18.3 Å². The van der Waals surface area contributed by atoms with Crippen LogP contribution in [0.5, 0.6) is 0 Å². The van der Waals surface area contributed by atoms with Crippen molar-refractivity contribution in [1.29, 1.82) is 0 Å². The van der Waals surface area contributed by atoms with Crippen LogP contribution in [0.3, 0.4) is 0 Å². The van der Waals surface area contributed by atoms with E-state index >= 15 is 0 Å². The van der Waals surface area contributed by atoms with E-state index in [1.54, 1.807) is 0 Å². The molecule has 98 valence electrons. The summed E-state index contributed by atoms with van der Waals surface area (Å²) in [5.74, 6) is 0. The molecule has 1 fully saturated rings. The lowest BCUT2D eigenvalue weighted by atomic mass is 9.99. The Morgan fingerprint density at radius 1 is 1.28 bits per heavy atom. The van der Waals surface area contributed by atoms with Gasteiger partial charge in [0.25, 0.3) is 5.56 Å². The van der Waals surface area contributed by atoms with Crippen LogP contribution in [-0.2, 0) is 11.2 Å². The van der Waals surface area contributed by atoms with Gasteiger partial charge in [-0.25, -0.2) is 4.79 Å². The predicted molar refractivity (Wildman–Crippen MR) is 57.0 cm³/mol. The van der Waals surface area contributed by atoms with Gasteiger partial charge >= 0.3 is 5.69 Å². The maximum atomic E-state index is 11.7. The van der Waals surface area contributed by atoms with Gasteiger partial charge in [-0.05, 0) is 0 Å². The van der Waals surface area contributed by atoms with E-state index in [-0.39, 0.29) is 12.1 Å². The van der Waals surface area contributed by atoms with Gasteiger partial charge in [0.05, 0.1) is 6.10 Å². The SMILES string of the molecule is O=c1cc2n(c(=O)[nH]1)[C@@H]1O[C@@H]([C@@H](O)[C@H]1O)[C@H](O)C2. The van der Waals surface area contributed by atoms with E-state index in [2.05, 4.69) is 4.98 Å². The number of hydrogen-bond acceptors (Lipinski definition) is 6. The summed E-state index contributed by atoms with van der Waals surface area (Å²) in [6.07, 6.45) is -5.75. The molecule has 0 aromatic carbocycles. The fraction of sp³-hybridized carbons (Fsp3) is 0.600. The van der Waals surface area contributed by atoms with Crippen LogP contribution in [0, 0.1) is 0 Å². The smallest absolute Gasteiger partial charge is 0.330 e. The zero-order valence-electron chi connectivity index (χ0n) is 9.18. The van der Waals surface area contributed by atoms with Gasteiger partial charge in [0.2, 0.25) is 0 Å². The minimum absolute atomic E-state index is 0.00407. The third-order valence-corrected chi connectivity index (χ3v) is 3.38. The van der Waals surface area contributed by atoms with E-state index in [0.717, 1.165) is 4.57 Å². The number of aliphatic hydroxyl groups is 3. The molecule has 3 heterocycles. The Bertz CT molecular complexity index is 593. The molecule has 5 atom stereocenters. The van der Waals surface area contributed by atoms with Gasteiger partial charge in [0.15, 0.2) is 6.23 Å². The molecule has 0 aliphatic carbocycles. The average Bonchev–Trinajstić information content (AvgIpc) is 2.49. The zero-order chi connectivity index (χ0) is 13.0. The van der Waals surface area contributed by atoms with E-state index in [1.165, 1.54) is 6.07 Å².